The highest BCUT2D eigenvalue weighted by Crippen LogP contribution is 2.19. The quantitative estimate of drug-likeness (QED) is 0.608. The maximum absolute atomic E-state index is 11.6. The number of piperazine rings is 1. The first-order valence-electron chi connectivity index (χ1n) is 5.05. The van der Waals surface area contributed by atoms with Crippen LogP contribution in [-0.2, 0) is 0 Å². The summed E-state index contributed by atoms with van der Waals surface area (Å²) in [6.07, 6.45) is 2.32. The fourth-order valence-electron chi connectivity index (χ4n) is 1.63. The Hall–Kier alpha value is -0.770. The molecule has 1 saturated carbocycles. The summed E-state index contributed by atoms with van der Waals surface area (Å²) in [4.78, 5) is 13.6. The maximum Gasteiger partial charge on any atom is 0.317 e. The lowest BCUT2D eigenvalue weighted by Gasteiger charge is -2.33. The zero-order valence-electron chi connectivity index (χ0n) is 8.05. The number of urea groups is 1. The lowest BCUT2D eigenvalue weighted by atomic mass is 10.2. The Kier molecular flexibility index (Phi) is 2.40. The van der Waals surface area contributed by atoms with Gasteiger partial charge < -0.3 is 15.5 Å². The van der Waals surface area contributed by atoms with Crippen LogP contribution in [-0.4, -0.2) is 42.6 Å². The third-order valence-corrected chi connectivity index (χ3v) is 2.67. The summed E-state index contributed by atoms with van der Waals surface area (Å²) in [5.41, 5.74) is 0. The molecule has 0 spiro atoms. The molecule has 0 bridgehead atoms. The number of hydrogen-bond acceptors (Lipinski definition) is 2. The van der Waals surface area contributed by atoms with E-state index in [9.17, 15) is 4.79 Å². The van der Waals surface area contributed by atoms with Crippen LogP contribution in [0.25, 0.3) is 0 Å². The molecule has 2 aliphatic rings. The van der Waals surface area contributed by atoms with E-state index in [1.807, 2.05) is 4.90 Å². The molecule has 1 aliphatic carbocycles. The number of amides is 2. The molecule has 0 aromatic carbocycles. The van der Waals surface area contributed by atoms with Gasteiger partial charge in [0.15, 0.2) is 0 Å². The van der Waals surface area contributed by atoms with E-state index in [4.69, 9.17) is 0 Å². The van der Waals surface area contributed by atoms with Crippen molar-refractivity contribution >= 4 is 6.03 Å². The average Bonchev–Trinajstić information content (AvgIpc) is 2.89. The van der Waals surface area contributed by atoms with Gasteiger partial charge in [0.05, 0.1) is 0 Å². The lowest BCUT2D eigenvalue weighted by molar-refractivity contribution is 0.164. The van der Waals surface area contributed by atoms with Gasteiger partial charge >= 0.3 is 6.03 Å². The molecule has 4 heteroatoms. The Morgan fingerprint density at radius 1 is 1.54 bits per heavy atom. The number of carbonyl (C=O) groups is 1. The van der Waals surface area contributed by atoms with Crippen LogP contribution in [0, 0.1) is 0 Å². The third kappa shape index (κ3) is 2.12. The highest BCUT2D eigenvalue weighted by atomic mass is 16.2. The monoisotopic (exact) mass is 183 g/mol. The van der Waals surface area contributed by atoms with Crippen molar-refractivity contribution < 1.29 is 4.79 Å². The summed E-state index contributed by atoms with van der Waals surface area (Å²) in [7, 11) is 0. The Balaban J connectivity index is 1.85. The Bertz CT molecular complexity index is 203. The van der Waals surface area contributed by atoms with Crippen LogP contribution in [0.1, 0.15) is 19.8 Å². The largest absolute Gasteiger partial charge is 0.335 e. The van der Waals surface area contributed by atoms with Gasteiger partial charge in [0, 0.05) is 31.7 Å². The number of carbonyl (C=O) groups excluding carboxylic acids is 1. The Morgan fingerprint density at radius 2 is 2.31 bits per heavy atom. The van der Waals surface area contributed by atoms with Gasteiger partial charge in [-0.25, -0.2) is 4.79 Å². The second-order valence-corrected chi connectivity index (χ2v) is 3.97. The van der Waals surface area contributed by atoms with Crippen LogP contribution in [0.4, 0.5) is 4.79 Å². The van der Waals surface area contributed by atoms with Gasteiger partial charge in [-0.15, -0.1) is 0 Å². The van der Waals surface area contributed by atoms with Gasteiger partial charge in [-0.3, -0.25) is 0 Å². The summed E-state index contributed by atoms with van der Waals surface area (Å²) >= 11 is 0. The van der Waals surface area contributed by atoms with E-state index in [2.05, 4.69) is 17.6 Å². The molecule has 4 nitrogen and oxygen atoms in total. The van der Waals surface area contributed by atoms with Crippen molar-refractivity contribution in [3.63, 3.8) is 0 Å². The molecule has 74 valence electrons. The smallest absolute Gasteiger partial charge is 0.317 e. The van der Waals surface area contributed by atoms with E-state index < -0.39 is 0 Å². The van der Waals surface area contributed by atoms with E-state index in [0.29, 0.717) is 12.1 Å². The molecule has 2 amide bonds. The van der Waals surface area contributed by atoms with E-state index in [-0.39, 0.29) is 6.03 Å². The van der Waals surface area contributed by atoms with E-state index in [1.54, 1.807) is 0 Å². The molecule has 1 aliphatic heterocycles. The van der Waals surface area contributed by atoms with Gasteiger partial charge in [-0.05, 0) is 19.8 Å². The predicted octanol–water partition coefficient (Wildman–Crippen LogP) is 0.152. The molecule has 0 aromatic heterocycles. The normalized spacial score (nSPS) is 28.7. The lowest BCUT2D eigenvalue weighted by Crippen LogP contribution is -2.55. The molecule has 0 unspecified atom stereocenters. The molecule has 1 heterocycles. The minimum atomic E-state index is 0.122. The second kappa shape index (κ2) is 3.54. The van der Waals surface area contributed by atoms with E-state index >= 15 is 0 Å². The molecule has 0 aromatic rings. The third-order valence-electron chi connectivity index (χ3n) is 2.67. The molecule has 1 atom stereocenters. The Morgan fingerprint density at radius 3 is 2.92 bits per heavy atom. The first-order chi connectivity index (χ1) is 6.27. The molecule has 2 fully saturated rings. The first kappa shape index (κ1) is 8.81. The van der Waals surface area contributed by atoms with Crippen LogP contribution in [0.3, 0.4) is 0 Å². The summed E-state index contributed by atoms with van der Waals surface area (Å²) < 4.78 is 0. The minimum Gasteiger partial charge on any atom is -0.335 e. The van der Waals surface area contributed by atoms with Gasteiger partial charge in [-0.2, -0.15) is 0 Å². The van der Waals surface area contributed by atoms with Crippen LogP contribution in [0.5, 0.6) is 0 Å². The first-order valence-corrected chi connectivity index (χ1v) is 5.05. The minimum absolute atomic E-state index is 0.122. The van der Waals surface area contributed by atoms with Crippen LogP contribution in [0.15, 0.2) is 0 Å². The second-order valence-electron chi connectivity index (χ2n) is 3.97. The van der Waals surface area contributed by atoms with Gasteiger partial charge in [-0.1, -0.05) is 0 Å². The fourth-order valence-corrected chi connectivity index (χ4v) is 1.63. The molecule has 2 N–H and O–H groups in total. The summed E-state index contributed by atoms with van der Waals surface area (Å²) in [6, 6.07) is 0.915. The Labute approximate surface area is 78.7 Å². The van der Waals surface area contributed by atoms with Crippen molar-refractivity contribution in [2.75, 3.05) is 19.6 Å². The molecular weight excluding hydrogens is 166 g/mol. The molecule has 1 saturated heterocycles. The number of rotatable bonds is 1. The van der Waals surface area contributed by atoms with Gasteiger partial charge in [0.2, 0.25) is 0 Å². The molecular formula is C9H17N3O. The van der Waals surface area contributed by atoms with Crippen molar-refractivity contribution in [2.24, 2.45) is 0 Å². The van der Waals surface area contributed by atoms with Gasteiger partial charge in [0.1, 0.15) is 0 Å². The standard InChI is InChI=1S/C9H17N3O/c1-7-6-10-4-5-12(7)9(13)11-8-2-3-8/h7-8,10H,2-6H2,1H3,(H,11,13)/t7-/m1/s1. The summed E-state index contributed by atoms with van der Waals surface area (Å²) in [5, 5.41) is 6.28. The zero-order valence-corrected chi connectivity index (χ0v) is 8.05. The average molecular weight is 183 g/mol. The van der Waals surface area contributed by atoms with E-state index in [0.717, 1.165) is 32.5 Å². The van der Waals surface area contributed by atoms with Crippen LogP contribution in [0.2, 0.25) is 0 Å². The number of hydrogen-bond donors (Lipinski definition) is 2. The highest BCUT2D eigenvalue weighted by Gasteiger charge is 2.28. The summed E-state index contributed by atoms with van der Waals surface area (Å²) in [5.74, 6) is 0. The van der Waals surface area contributed by atoms with Crippen molar-refractivity contribution in [3.05, 3.63) is 0 Å². The van der Waals surface area contributed by atoms with Crippen LogP contribution < -0.4 is 10.6 Å². The number of nitrogens with zero attached hydrogens (tertiary/aromatic N) is 1. The van der Waals surface area contributed by atoms with Crippen molar-refractivity contribution in [2.45, 2.75) is 31.8 Å². The van der Waals surface area contributed by atoms with E-state index in [1.165, 1.54) is 0 Å². The van der Waals surface area contributed by atoms with Crippen molar-refractivity contribution in [1.29, 1.82) is 0 Å². The molecule has 0 radical (unpaired) electrons. The maximum atomic E-state index is 11.6. The van der Waals surface area contributed by atoms with Crippen molar-refractivity contribution in [3.8, 4) is 0 Å². The van der Waals surface area contributed by atoms with Gasteiger partial charge in [0.25, 0.3) is 0 Å². The summed E-state index contributed by atoms with van der Waals surface area (Å²) in [6.45, 7) is 4.75. The number of nitrogens with one attached hydrogen (secondary N) is 2. The highest BCUT2D eigenvalue weighted by molar-refractivity contribution is 5.75. The molecule has 13 heavy (non-hydrogen) atoms. The van der Waals surface area contributed by atoms with Crippen molar-refractivity contribution in [1.82, 2.24) is 15.5 Å². The predicted molar refractivity (Wildman–Crippen MR) is 50.6 cm³/mol. The van der Waals surface area contributed by atoms with Crippen LogP contribution >= 0.6 is 0 Å². The topological polar surface area (TPSA) is 44.4 Å². The fraction of sp³-hybridized carbons (Fsp3) is 0.889. The SMILES string of the molecule is C[C@@H]1CNCCN1C(=O)NC1CC1. The molecule has 2 rings (SSSR count). The zero-order chi connectivity index (χ0) is 9.26.